The van der Waals surface area contributed by atoms with Crippen LogP contribution >= 0.6 is 0 Å². The predicted octanol–water partition coefficient (Wildman–Crippen LogP) is 3.21. The molecule has 0 spiro atoms. The molecule has 0 saturated heterocycles. The van der Waals surface area contributed by atoms with Gasteiger partial charge in [-0.1, -0.05) is 12.8 Å². The first-order chi connectivity index (χ1) is 12.4. The van der Waals surface area contributed by atoms with Crippen LogP contribution in [0.15, 0.2) is 53.4 Å². The van der Waals surface area contributed by atoms with Crippen molar-refractivity contribution in [3.8, 4) is 11.5 Å². The summed E-state index contributed by atoms with van der Waals surface area (Å²) in [5, 5.41) is 8.99. The van der Waals surface area contributed by atoms with Crippen molar-refractivity contribution in [1.82, 2.24) is 5.48 Å². The fraction of sp³-hybridized carbons (Fsp3) is 0.278. The Kier molecular flexibility index (Phi) is 4.97. The summed E-state index contributed by atoms with van der Waals surface area (Å²) in [7, 11) is -3.98. The van der Waals surface area contributed by atoms with E-state index in [2.05, 4.69) is 0 Å². The largest absolute Gasteiger partial charge is 0.457 e. The summed E-state index contributed by atoms with van der Waals surface area (Å²) >= 11 is 0. The molecule has 0 atom stereocenters. The monoisotopic (exact) mass is 379 g/mol. The molecule has 1 aliphatic carbocycles. The third-order valence-corrected chi connectivity index (χ3v) is 7.14. The molecule has 1 amide bonds. The number of rotatable bonds is 5. The number of hydrogen-bond donors (Lipinski definition) is 2. The van der Waals surface area contributed by atoms with Crippen LogP contribution in [0.1, 0.15) is 25.7 Å². The lowest BCUT2D eigenvalue weighted by molar-refractivity contribution is -0.131. The van der Waals surface area contributed by atoms with Crippen LogP contribution in [0.4, 0.5) is 4.39 Å². The lowest BCUT2D eigenvalue weighted by Crippen LogP contribution is -2.49. The number of hydroxylamine groups is 1. The molecule has 2 aromatic carbocycles. The van der Waals surface area contributed by atoms with Crippen LogP contribution in [0.3, 0.4) is 0 Å². The van der Waals surface area contributed by atoms with Crippen LogP contribution < -0.4 is 10.2 Å². The minimum atomic E-state index is -3.98. The van der Waals surface area contributed by atoms with Gasteiger partial charge < -0.3 is 4.74 Å². The molecule has 3 rings (SSSR count). The summed E-state index contributed by atoms with van der Waals surface area (Å²) in [6, 6.07) is 11.1. The molecule has 0 aromatic heterocycles. The van der Waals surface area contributed by atoms with Gasteiger partial charge in [0.05, 0.1) is 4.90 Å². The van der Waals surface area contributed by atoms with E-state index in [0.717, 1.165) is 0 Å². The molecule has 2 aromatic rings. The second kappa shape index (κ2) is 7.05. The van der Waals surface area contributed by atoms with E-state index in [0.29, 0.717) is 24.3 Å². The molecule has 2 N–H and O–H groups in total. The van der Waals surface area contributed by atoms with Gasteiger partial charge in [0.15, 0.2) is 14.6 Å². The molecule has 8 heteroatoms. The van der Waals surface area contributed by atoms with E-state index in [4.69, 9.17) is 9.94 Å². The van der Waals surface area contributed by atoms with Crippen LogP contribution in [0.25, 0.3) is 0 Å². The topological polar surface area (TPSA) is 92.7 Å². The molecule has 0 heterocycles. The summed E-state index contributed by atoms with van der Waals surface area (Å²) in [6.45, 7) is 0. The number of ether oxygens (including phenoxy) is 1. The normalized spacial score (nSPS) is 16.2. The standard InChI is InChI=1S/C18H18FNO5S/c19-13-3-5-14(6-4-13)25-15-7-9-16(10-8-15)26(23,24)18(17(21)20-22)11-1-2-12-18/h3-10,22H,1-2,11-12H2,(H,20,21). The van der Waals surface area contributed by atoms with Crippen molar-refractivity contribution in [2.45, 2.75) is 35.3 Å². The van der Waals surface area contributed by atoms with Crippen LogP contribution in [0, 0.1) is 5.82 Å². The quantitative estimate of drug-likeness (QED) is 0.615. The minimum absolute atomic E-state index is 0.0190. The van der Waals surface area contributed by atoms with Gasteiger partial charge >= 0.3 is 0 Å². The highest BCUT2D eigenvalue weighted by molar-refractivity contribution is 7.93. The van der Waals surface area contributed by atoms with Crippen molar-refractivity contribution < 1.29 is 27.5 Å². The first kappa shape index (κ1) is 18.3. The fourth-order valence-corrected chi connectivity index (χ4v) is 5.28. The van der Waals surface area contributed by atoms with Gasteiger partial charge in [-0.05, 0) is 61.4 Å². The Labute approximate surface area is 150 Å². The highest BCUT2D eigenvalue weighted by Gasteiger charge is 2.53. The highest BCUT2D eigenvalue weighted by atomic mass is 32.2. The highest BCUT2D eigenvalue weighted by Crippen LogP contribution is 2.41. The van der Waals surface area contributed by atoms with Gasteiger partial charge in [0, 0.05) is 0 Å². The number of nitrogens with one attached hydrogen (secondary N) is 1. The van der Waals surface area contributed by atoms with E-state index in [1.807, 2.05) is 0 Å². The van der Waals surface area contributed by atoms with Crippen LogP contribution in [0.2, 0.25) is 0 Å². The van der Waals surface area contributed by atoms with Gasteiger partial charge in [0.2, 0.25) is 0 Å². The van der Waals surface area contributed by atoms with Crippen LogP contribution in [0.5, 0.6) is 11.5 Å². The number of carbonyl (C=O) groups is 1. The Balaban J connectivity index is 1.87. The van der Waals surface area contributed by atoms with E-state index >= 15 is 0 Å². The molecule has 1 fully saturated rings. The van der Waals surface area contributed by atoms with E-state index < -0.39 is 20.5 Å². The van der Waals surface area contributed by atoms with Crippen molar-refractivity contribution in [1.29, 1.82) is 0 Å². The maximum absolute atomic E-state index is 13.0. The third-order valence-electron chi connectivity index (χ3n) is 4.62. The zero-order chi connectivity index (χ0) is 18.8. The fourth-order valence-electron chi connectivity index (χ4n) is 3.22. The van der Waals surface area contributed by atoms with Crippen molar-refractivity contribution in [3.63, 3.8) is 0 Å². The van der Waals surface area contributed by atoms with Gasteiger partial charge in [0.1, 0.15) is 17.3 Å². The molecule has 1 aliphatic rings. The molecule has 6 nitrogen and oxygen atoms in total. The van der Waals surface area contributed by atoms with Crippen molar-refractivity contribution >= 4 is 15.7 Å². The zero-order valence-corrected chi connectivity index (χ0v) is 14.6. The maximum Gasteiger partial charge on any atom is 0.265 e. The summed E-state index contributed by atoms with van der Waals surface area (Å²) in [6.07, 6.45) is 1.52. The number of amides is 1. The molecule has 138 valence electrons. The number of hydrogen-bond acceptors (Lipinski definition) is 5. The Morgan fingerprint density at radius 3 is 2.00 bits per heavy atom. The number of halogens is 1. The molecule has 0 aliphatic heterocycles. The molecule has 0 bridgehead atoms. The Morgan fingerprint density at radius 2 is 1.50 bits per heavy atom. The van der Waals surface area contributed by atoms with Crippen LogP contribution in [-0.4, -0.2) is 24.3 Å². The molecule has 1 saturated carbocycles. The third kappa shape index (κ3) is 3.17. The molecule has 0 radical (unpaired) electrons. The molecular weight excluding hydrogens is 361 g/mol. The van der Waals surface area contributed by atoms with Crippen molar-refractivity contribution in [2.24, 2.45) is 0 Å². The van der Waals surface area contributed by atoms with Crippen molar-refractivity contribution in [2.75, 3.05) is 0 Å². The van der Waals surface area contributed by atoms with E-state index in [9.17, 15) is 17.6 Å². The lowest BCUT2D eigenvalue weighted by Gasteiger charge is -2.26. The number of benzene rings is 2. The van der Waals surface area contributed by atoms with E-state index in [1.165, 1.54) is 54.0 Å². The van der Waals surface area contributed by atoms with Gasteiger partial charge in [-0.2, -0.15) is 0 Å². The SMILES string of the molecule is O=C(NO)C1(S(=O)(=O)c2ccc(Oc3ccc(F)cc3)cc2)CCCC1. The second-order valence-corrected chi connectivity index (χ2v) is 8.43. The smallest absolute Gasteiger partial charge is 0.265 e. The minimum Gasteiger partial charge on any atom is -0.457 e. The zero-order valence-electron chi connectivity index (χ0n) is 13.8. The first-order valence-corrected chi connectivity index (χ1v) is 9.60. The van der Waals surface area contributed by atoms with Gasteiger partial charge in [0.25, 0.3) is 5.91 Å². The van der Waals surface area contributed by atoms with E-state index in [1.54, 1.807) is 0 Å². The average molecular weight is 379 g/mol. The molecule has 26 heavy (non-hydrogen) atoms. The van der Waals surface area contributed by atoms with Crippen LogP contribution in [-0.2, 0) is 14.6 Å². The lowest BCUT2D eigenvalue weighted by atomic mass is 10.1. The first-order valence-electron chi connectivity index (χ1n) is 8.12. The summed E-state index contributed by atoms with van der Waals surface area (Å²) in [5.74, 6) is -0.499. The number of sulfone groups is 1. The molecular formula is C18H18FNO5S. The number of carbonyl (C=O) groups excluding carboxylic acids is 1. The molecule has 0 unspecified atom stereocenters. The predicted molar refractivity (Wildman–Crippen MR) is 91.2 cm³/mol. The Hall–Kier alpha value is -2.45. The average Bonchev–Trinajstić information content (AvgIpc) is 3.15. The summed E-state index contributed by atoms with van der Waals surface area (Å²) in [4.78, 5) is 12.1. The second-order valence-electron chi connectivity index (χ2n) is 6.17. The Morgan fingerprint density at radius 1 is 1.00 bits per heavy atom. The van der Waals surface area contributed by atoms with Gasteiger partial charge in [-0.25, -0.2) is 18.3 Å². The van der Waals surface area contributed by atoms with Gasteiger partial charge in [-0.3, -0.25) is 10.0 Å². The summed E-state index contributed by atoms with van der Waals surface area (Å²) < 4.78 is 42.8. The maximum atomic E-state index is 13.0. The van der Waals surface area contributed by atoms with Gasteiger partial charge in [-0.15, -0.1) is 0 Å². The summed E-state index contributed by atoms with van der Waals surface area (Å²) in [5.41, 5.74) is 1.50. The van der Waals surface area contributed by atoms with E-state index in [-0.39, 0.29) is 23.6 Å². The Bertz CT molecular complexity index is 888. The van der Waals surface area contributed by atoms with Crippen molar-refractivity contribution in [3.05, 3.63) is 54.3 Å².